The van der Waals surface area contributed by atoms with Crippen LogP contribution in [0.25, 0.3) is 0 Å². The van der Waals surface area contributed by atoms with E-state index in [2.05, 4.69) is 12.2 Å². The molecule has 0 aliphatic heterocycles. The summed E-state index contributed by atoms with van der Waals surface area (Å²) < 4.78 is 10.7. The highest BCUT2D eigenvalue weighted by Crippen LogP contribution is 2.40. The van der Waals surface area contributed by atoms with Gasteiger partial charge in [-0.25, -0.2) is 4.79 Å². The highest BCUT2D eigenvalue weighted by atomic mass is 35.5. The number of hydrogen-bond donors (Lipinski definition) is 1. The Morgan fingerprint density at radius 3 is 2.86 bits per heavy atom. The molecule has 0 fully saturated rings. The van der Waals surface area contributed by atoms with E-state index in [0.29, 0.717) is 39.4 Å². The molecule has 0 bridgehead atoms. The summed E-state index contributed by atoms with van der Waals surface area (Å²) in [6.07, 6.45) is 3.49. The Labute approximate surface area is 174 Å². The quantitative estimate of drug-likeness (QED) is 0.638. The van der Waals surface area contributed by atoms with Gasteiger partial charge in [0.05, 0.1) is 24.8 Å². The van der Waals surface area contributed by atoms with Gasteiger partial charge in [-0.05, 0) is 55.4 Å². The van der Waals surface area contributed by atoms with Gasteiger partial charge in [-0.3, -0.25) is 4.79 Å². The topological polar surface area (TPSA) is 64.6 Å². The molecule has 3 rings (SSSR count). The zero-order valence-corrected chi connectivity index (χ0v) is 17.8. The number of hydrogen-bond acceptors (Lipinski definition) is 5. The molecular formula is C21H24ClNO4S. The summed E-state index contributed by atoms with van der Waals surface area (Å²) in [6.45, 7) is 4.51. The summed E-state index contributed by atoms with van der Waals surface area (Å²) in [6, 6.07) is 4.87. The average molecular weight is 422 g/mol. The van der Waals surface area contributed by atoms with Crippen molar-refractivity contribution in [2.75, 3.05) is 19.0 Å². The minimum Gasteiger partial charge on any atom is -0.496 e. The number of nitrogens with one attached hydrogen (secondary N) is 1. The van der Waals surface area contributed by atoms with Gasteiger partial charge in [0.2, 0.25) is 0 Å². The maximum absolute atomic E-state index is 12.9. The van der Waals surface area contributed by atoms with E-state index in [0.717, 1.165) is 36.1 Å². The lowest BCUT2D eigenvalue weighted by molar-refractivity contribution is 0.0505. The molecule has 7 heteroatoms. The molecule has 1 aliphatic rings. The molecule has 1 amide bonds. The molecule has 1 aromatic carbocycles. The lowest BCUT2D eigenvalue weighted by atomic mass is 9.88. The predicted octanol–water partition coefficient (Wildman–Crippen LogP) is 5.35. The van der Waals surface area contributed by atoms with Gasteiger partial charge in [0.1, 0.15) is 10.8 Å². The molecule has 2 aromatic rings. The lowest BCUT2D eigenvalue weighted by Gasteiger charge is -2.18. The molecule has 1 N–H and O–H groups in total. The average Bonchev–Trinajstić information content (AvgIpc) is 3.02. The molecule has 150 valence electrons. The smallest absolute Gasteiger partial charge is 0.341 e. The van der Waals surface area contributed by atoms with Gasteiger partial charge in [-0.1, -0.05) is 25.4 Å². The van der Waals surface area contributed by atoms with Crippen LogP contribution in [0.2, 0.25) is 5.02 Å². The van der Waals surface area contributed by atoms with E-state index >= 15 is 0 Å². The summed E-state index contributed by atoms with van der Waals surface area (Å²) in [5.74, 6) is 0.243. The van der Waals surface area contributed by atoms with Gasteiger partial charge in [0.15, 0.2) is 0 Å². The highest BCUT2D eigenvalue weighted by molar-refractivity contribution is 7.17. The fraction of sp³-hybridized carbons (Fsp3) is 0.429. The zero-order chi connectivity index (χ0) is 20.3. The van der Waals surface area contributed by atoms with Crippen molar-refractivity contribution in [2.24, 2.45) is 5.92 Å². The van der Waals surface area contributed by atoms with Crippen molar-refractivity contribution in [3.05, 3.63) is 44.8 Å². The van der Waals surface area contributed by atoms with Crippen LogP contribution in [-0.4, -0.2) is 25.6 Å². The van der Waals surface area contributed by atoms with E-state index in [-0.39, 0.29) is 11.9 Å². The first-order valence-electron chi connectivity index (χ1n) is 9.41. The van der Waals surface area contributed by atoms with E-state index in [9.17, 15) is 9.59 Å². The Morgan fingerprint density at radius 1 is 1.36 bits per heavy atom. The predicted molar refractivity (Wildman–Crippen MR) is 112 cm³/mol. The third kappa shape index (κ3) is 4.33. The molecule has 0 spiro atoms. The van der Waals surface area contributed by atoms with Crippen molar-refractivity contribution >= 4 is 39.8 Å². The molecule has 28 heavy (non-hydrogen) atoms. The minimum absolute atomic E-state index is 0.322. The summed E-state index contributed by atoms with van der Waals surface area (Å²) >= 11 is 7.51. The largest absolute Gasteiger partial charge is 0.496 e. The number of carbonyl (C=O) groups is 2. The van der Waals surface area contributed by atoms with E-state index in [1.165, 1.54) is 18.4 Å². The fourth-order valence-corrected chi connectivity index (χ4v) is 4.92. The molecule has 1 aromatic heterocycles. The molecular weight excluding hydrogens is 398 g/mol. The third-order valence-electron chi connectivity index (χ3n) is 4.79. The number of halogens is 1. The molecule has 1 aliphatic carbocycles. The van der Waals surface area contributed by atoms with Crippen molar-refractivity contribution < 1.29 is 19.1 Å². The van der Waals surface area contributed by atoms with E-state index < -0.39 is 0 Å². The van der Waals surface area contributed by atoms with Crippen molar-refractivity contribution in [1.82, 2.24) is 0 Å². The van der Waals surface area contributed by atoms with Crippen LogP contribution in [0, 0.1) is 5.92 Å². The van der Waals surface area contributed by atoms with Crippen molar-refractivity contribution in [2.45, 2.75) is 39.5 Å². The van der Waals surface area contributed by atoms with E-state index in [1.807, 2.05) is 6.92 Å². The van der Waals surface area contributed by atoms with Crippen LogP contribution in [0.15, 0.2) is 18.2 Å². The van der Waals surface area contributed by atoms with Gasteiger partial charge in [0.25, 0.3) is 5.91 Å². The molecule has 0 saturated heterocycles. The number of thiophene rings is 1. The first kappa shape index (κ1) is 20.7. The standard InChI is InChI=1S/C21H24ClNO4S/c1-4-9-27-21(25)18-14-7-5-12(2)10-17(14)28-20(18)23-19(24)15-11-13(22)6-8-16(15)26-3/h6,8,11-12H,4-5,7,9-10H2,1-3H3,(H,23,24). The van der Waals surface area contributed by atoms with Crippen LogP contribution < -0.4 is 10.1 Å². The van der Waals surface area contributed by atoms with Gasteiger partial charge in [0, 0.05) is 9.90 Å². The van der Waals surface area contributed by atoms with Crippen LogP contribution in [-0.2, 0) is 17.6 Å². The number of benzene rings is 1. The Kier molecular flexibility index (Phi) is 6.62. The van der Waals surface area contributed by atoms with Crippen LogP contribution in [0.3, 0.4) is 0 Å². The minimum atomic E-state index is -0.373. The van der Waals surface area contributed by atoms with E-state index in [4.69, 9.17) is 21.1 Å². The first-order valence-corrected chi connectivity index (χ1v) is 10.6. The van der Waals surface area contributed by atoms with Gasteiger partial charge >= 0.3 is 5.97 Å². The number of rotatable bonds is 6. The number of esters is 1. The zero-order valence-electron chi connectivity index (χ0n) is 16.3. The summed E-state index contributed by atoms with van der Waals surface area (Å²) in [7, 11) is 1.50. The number of ether oxygens (including phenoxy) is 2. The number of amides is 1. The summed E-state index contributed by atoms with van der Waals surface area (Å²) in [4.78, 5) is 26.8. The maximum atomic E-state index is 12.9. The third-order valence-corrected chi connectivity index (χ3v) is 6.19. The number of anilines is 1. The molecule has 0 saturated carbocycles. The van der Waals surface area contributed by atoms with Crippen LogP contribution >= 0.6 is 22.9 Å². The second kappa shape index (κ2) is 8.97. The van der Waals surface area contributed by atoms with Gasteiger partial charge in [-0.2, -0.15) is 0 Å². The Bertz CT molecular complexity index is 893. The van der Waals surface area contributed by atoms with Crippen LogP contribution in [0.4, 0.5) is 5.00 Å². The monoisotopic (exact) mass is 421 g/mol. The normalized spacial score (nSPS) is 15.6. The molecule has 1 atom stereocenters. The Balaban J connectivity index is 1.96. The van der Waals surface area contributed by atoms with Crippen molar-refractivity contribution in [1.29, 1.82) is 0 Å². The second-order valence-corrected chi connectivity index (χ2v) is 8.53. The molecule has 1 unspecified atom stereocenters. The van der Waals surface area contributed by atoms with Gasteiger partial charge < -0.3 is 14.8 Å². The molecule has 5 nitrogen and oxygen atoms in total. The number of methoxy groups -OCH3 is 1. The Morgan fingerprint density at radius 2 is 2.14 bits per heavy atom. The summed E-state index contributed by atoms with van der Waals surface area (Å²) in [5.41, 5.74) is 1.83. The second-order valence-electron chi connectivity index (χ2n) is 6.99. The van der Waals surface area contributed by atoms with Gasteiger partial charge in [-0.15, -0.1) is 11.3 Å². The van der Waals surface area contributed by atoms with Crippen LogP contribution in [0.5, 0.6) is 5.75 Å². The molecule has 1 heterocycles. The summed E-state index contributed by atoms with van der Waals surface area (Å²) in [5, 5.41) is 3.87. The van der Waals surface area contributed by atoms with E-state index in [1.54, 1.807) is 18.2 Å². The fourth-order valence-electron chi connectivity index (χ4n) is 3.35. The highest BCUT2D eigenvalue weighted by Gasteiger charge is 2.29. The lowest BCUT2D eigenvalue weighted by Crippen LogP contribution is -2.17. The van der Waals surface area contributed by atoms with Crippen molar-refractivity contribution in [3.63, 3.8) is 0 Å². The SMILES string of the molecule is CCCOC(=O)c1c(NC(=O)c2cc(Cl)ccc2OC)sc2c1CCC(C)C2. The number of fused-ring (bicyclic) bond motifs is 1. The first-order chi connectivity index (χ1) is 13.4. The van der Waals surface area contributed by atoms with Crippen LogP contribution in [0.1, 0.15) is 57.8 Å². The Hall–Kier alpha value is -2.05. The maximum Gasteiger partial charge on any atom is 0.341 e. The molecule has 0 radical (unpaired) electrons. The number of carbonyl (C=O) groups excluding carboxylic acids is 2. The van der Waals surface area contributed by atoms with Crippen molar-refractivity contribution in [3.8, 4) is 5.75 Å².